The number of ether oxygens (including phenoxy) is 1. The summed E-state index contributed by atoms with van der Waals surface area (Å²) in [6.45, 7) is 3.46. The number of nitrogens with one attached hydrogen (secondary N) is 3. The number of rotatable bonds is 6. The summed E-state index contributed by atoms with van der Waals surface area (Å²) < 4.78 is 5.25. The molecule has 2 aromatic carbocycles. The highest BCUT2D eigenvalue weighted by molar-refractivity contribution is 5.96. The van der Waals surface area contributed by atoms with Crippen molar-refractivity contribution in [2.45, 2.75) is 32.3 Å². The molecule has 0 aliphatic rings. The molecule has 0 spiro atoms. The van der Waals surface area contributed by atoms with Crippen molar-refractivity contribution in [1.29, 1.82) is 0 Å². The standard InChI is InChI=1S/C20H21N3O4/c1-12(14-6-4-3-5-7-14)10-18(24)27-13(2)19(25)21-15-8-9-16-17(11-15)23-20(26)22-16/h3-9,11-13H,10H2,1-2H3,(H,21,25)(H2,22,23,26)/t12-,13+/m0/s1. The summed E-state index contributed by atoms with van der Waals surface area (Å²) in [5.74, 6) is -0.867. The van der Waals surface area contributed by atoms with E-state index in [2.05, 4.69) is 15.3 Å². The lowest BCUT2D eigenvalue weighted by Crippen LogP contribution is -2.30. The second kappa shape index (κ2) is 7.90. The maximum absolute atomic E-state index is 12.3. The number of H-pyrrole nitrogens is 2. The molecule has 3 rings (SSSR count). The van der Waals surface area contributed by atoms with Crippen LogP contribution in [-0.4, -0.2) is 27.9 Å². The van der Waals surface area contributed by atoms with E-state index in [1.165, 1.54) is 6.92 Å². The normalized spacial score (nSPS) is 13.1. The Kier molecular flexibility index (Phi) is 5.40. The van der Waals surface area contributed by atoms with E-state index in [9.17, 15) is 14.4 Å². The molecule has 0 saturated heterocycles. The second-order valence-corrected chi connectivity index (χ2v) is 6.48. The smallest absolute Gasteiger partial charge is 0.323 e. The van der Waals surface area contributed by atoms with Crippen LogP contribution in [0, 0.1) is 0 Å². The topological polar surface area (TPSA) is 104 Å². The van der Waals surface area contributed by atoms with E-state index in [-0.39, 0.29) is 18.0 Å². The zero-order valence-electron chi connectivity index (χ0n) is 15.1. The number of aromatic amines is 2. The molecule has 0 bridgehead atoms. The van der Waals surface area contributed by atoms with Crippen LogP contribution in [0.3, 0.4) is 0 Å². The number of fused-ring (bicyclic) bond motifs is 1. The SMILES string of the molecule is C[C@@H](OC(=O)C[C@H](C)c1ccccc1)C(=O)Nc1ccc2[nH]c(=O)[nH]c2c1. The van der Waals surface area contributed by atoms with E-state index >= 15 is 0 Å². The maximum Gasteiger partial charge on any atom is 0.323 e. The molecule has 140 valence electrons. The van der Waals surface area contributed by atoms with E-state index in [1.54, 1.807) is 18.2 Å². The predicted molar refractivity (Wildman–Crippen MR) is 103 cm³/mol. The van der Waals surface area contributed by atoms with Gasteiger partial charge in [-0.3, -0.25) is 9.59 Å². The first-order chi connectivity index (χ1) is 12.9. The van der Waals surface area contributed by atoms with Crippen LogP contribution in [0.25, 0.3) is 11.0 Å². The minimum absolute atomic E-state index is 0.00165. The Morgan fingerprint density at radius 1 is 1.04 bits per heavy atom. The Labute approximate surface area is 155 Å². The maximum atomic E-state index is 12.3. The Hall–Kier alpha value is -3.35. The van der Waals surface area contributed by atoms with Crippen LogP contribution in [0.5, 0.6) is 0 Å². The molecular formula is C20H21N3O4. The lowest BCUT2D eigenvalue weighted by atomic mass is 9.98. The Bertz CT molecular complexity index is 1010. The molecule has 7 nitrogen and oxygen atoms in total. The highest BCUT2D eigenvalue weighted by Gasteiger charge is 2.20. The number of benzene rings is 2. The van der Waals surface area contributed by atoms with E-state index in [0.29, 0.717) is 16.7 Å². The van der Waals surface area contributed by atoms with Gasteiger partial charge in [0.2, 0.25) is 0 Å². The minimum atomic E-state index is -0.929. The number of amides is 1. The fourth-order valence-corrected chi connectivity index (χ4v) is 2.80. The Morgan fingerprint density at radius 3 is 2.48 bits per heavy atom. The van der Waals surface area contributed by atoms with Crippen LogP contribution >= 0.6 is 0 Å². The zero-order chi connectivity index (χ0) is 19.4. The molecule has 27 heavy (non-hydrogen) atoms. The third kappa shape index (κ3) is 4.63. The van der Waals surface area contributed by atoms with Crippen LogP contribution in [0.15, 0.2) is 53.3 Å². The fourth-order valence-electron chi connectivity index (χ4n) is 2.80. The minimum Gasteiger partial charge on any atom is -0.453 e. The molecule has 1 amide bonds. The van der Waals surface area contributed by atoms with Crippen LogP contribution < -0.4 is 11.0 Å². The molecule has 0 aliphatic carbocycles. The van der Waals surface area contributed by atoms with Gasteiger partial charge in [0.05, 0.1) is 17.5 Å². The number of carbonyl (C=O) groups excluding carboxylic acids is 2. The van der Waals surface area contributed by atoms with Crippen molar-refractivity contribution in [2.24, 2.45) is 0 Å². The van der Waals surface area contributed by atoms with Gasteiger partial charge in [-0.1, -0.05) is 37.3 Å². The van der Waals surface area contributed by atoms with Gasteiger partial charge in [0.15, 0.2) is 6.10 Å². The summed E-state index contributed by atoms with van der Waals surface area (Å²) in [6, 6.07) is 14.6. The first-order valence-electron chi connectivity index (χ1n) is 8.69. The highest BCUT2D eigenvalue weighted by atomic mass is 16.5. The molecule has 3 N–H and O–H groups in total. The van der Waals surface area contributed by atoms with Crippen molar-refractivity contribution in [3.05, 3.63) is 64.6 Å². The number of anilines is 1. The fraction of sp³-hybridized carbons (Fsp3) is 0.250. The van der Waals surface area contributed by atoms with Gasteiger partial charge in [-0.25, -0.2) is 4.79 Å². The van der Waals surface area contributed by atoms with Crippen molar-refractivity contribution in [3.63, 3.8) is 0 Å². The van der Waals surface area contributed by atoms with E-state index < -0.39 is 18.0 Å². The third-order valence-corrected chi connectivity index (χ3v) is 4.30. The molecule has 1 aromatic heterocycles. The molecule has 0 unspecified atom stereocenters. The van der Waals surface area contributed by atoms with Crippen LogP contribution in [0.2, 0.25) is 0 Å². The molecule has 0 saturated carbocycles. The number of hydrogen-bond acceptors (Lipinski definition) is 4. The monoisotopic (exact) mass is 367 g/mol. The molecule has 0 radical (unpaired) electrons. The number of aromatic nitrogens is 2. The van der Waals surface area contributed by atoms with Crippen LogP contribution in [0.1, 0.15) is 31.7 Å². The molecule has 1 heterocycles. The summed E-state index contributed by atoms with van der Waals surface area (Å²) in [7, 11) is 0. The number of imidazole rings is 1. The molecule has 3 aromatic rings. The summed E-state index contributed by atoms with van der Waals surface area (Å²) in [5, 5.41) is 2.68. The van der Waals surface area contributed by atoms with Gasteiger partial charge in [-0.15, -0.1) is 0 Å². The first-order valence-corrected chi connectivity index (χ1v) is 8.69. The van der Waals surface area contributed by atoms with Crippen LogP contribution in [-0.2, 0) is 14.3 Å². The average molecular weight is 367 g/mol. The van der Waals surface area contributed by atoms with Gasteiger partial charge in [0.1, 0.15) is 0 Å². The second-order valence-electron chi connectivity index (χ2n) is 6.48. The molecule has 0 fully saturated rings. The lowest BCUT2D eigenvalue weighted by Gasteiger charge is -2.16. The van der Waals surface area contributed by atoms with E-state index in [1.807, 2.05) is 37.3 Å². The Morgan fingerprint density at radius 2 is 1.74 bits per heavy atom. The number of esters is 1. The quantitative estimate of drug-likeness (QED) is 0.583. The molecular weight excluding hydrogens is 346 g/mol. The van der Waals surface area contributed by atoms with Crippen molar-refractivity contribution >= 4 is 28.6 Å². The van der Waals surface area contributed by atoms with Gasteiger partial charge < -0.3 is 20.0 Å². The first kappa shape index (κ1) is 18.4. The van der Waals surface area contributed by atoms with Gasteiger partial charge in [0, 0.05) is 5.69 Å². The predicted octanol–water partition coefficient (Wildman–Crippen LogP) is 2.92. The molecule has 7 heteroatoms. The van der Waals surface area contributed by atoms with Crippen LogP contribution in [0.4, 0.5) is 5.69 Å². The summed E-state index contributed by atoms with van der Waals surface area (Å²) in [6.07, 6.45) is -0.737. The lowest BCUT2D eigenvalue weighted by molar-refractivity contribution is -0.153. The highest BCUT2D eigenvalue weighted by Crippen LogP contribution is 2.20. The van der Waals surface area contributed by atoms with Gasteiger partial charge in [0.25, 0.3) is 5.91 Å². The average Bonchev–Trinajstić information content (AvgIpc) is 3.01. The molecule has 2 atom stereocenters. The van der Waals surface area contributed by atoms with Crippen molar-refractivity contribution in [3.8, 4) is 0 Å². The van der Waals surface area contributed by atoms with Gasteiger partial charge in [-0.2, -0.15) is 0 Å². The number of carbonyl (C=O) groups is 2. The van der Waals surface area contributed by atoms with Crippen molar-refractivity contribution in [1.82, 2.24) is 9.97 Å². The van der Waals surface area contributed by atoms with Gasteiger partial charge >= 0.3 is 11.7 Å². The van der Waals surface area contributed by atoms with E-state index in [0.717, 1.165) is 5.56 Å². The van der Waals surface area contributed by atoms with Crippen molar-refractivity contribution in [2.75, 3.05) is 5.32 Å². The summed E-state index contributed by atoms with van der Waals surface area (Å²) in [4.78, 5) is 40.9. The summed E-state index contributed by atoms with van der Waals surface area (Å²) >= 11 is 0. The molecule has 0 aliphatic heterocycles. The Balaban J connectivity index is 1.56. The third-order valence-electron chi connectivity index (χ3n) is 4.30. The largest absolute Gasteiger partial charge is 0.453 e. The number of hydrogen-bond donors (Lipinski definition) is 3. The summed E-state index contributed by atoms with van der Waals surface area (Å²) in [5.41, 5.74) is 2.46. The van der Waals surface area contributed by atoms with E-state index in [4.69, 9.17) is 4.74 Å². The van der Waals surface area contributed by atoms with Gasteiger partial charge in [-0.05, 0) is 36.6 Å². The van der Waals surface area contributed by atoms with Crippen molar-refractivity contribution < 1.29 is 14.3 Å². The zero-order valence-corrected chi connectivity index (χ0v) is 15.1.